The largest absolute Gasteiger partial charge is 2.00 e. The molecule has 0 aromatic heterocycles. The molecule has 145 valence electrons. The summed E-state index contributed by atoms with van der Waals surface area (Å²) in [6, 6.07) is 26.2. The maximum Gasteiger partial charge on any atom is 2.00 e. The second-order valence-corrected chi connectivity index (χ2v) is 8.22. The molecule has 0 saturated carbocycles. The third-order valence-corrected chi connectivity index (χ3v) is 4.43. The number of fused-ring (bicyclic) bond motifs is 2. The Balaban J connectivity index is 0.000000239. The summed E-state index contributed by atoms with van der Waals surface area (Å²) < 4.78 is 0. The Morgan fingerprint density at radius 2 is 1.04 bits per heavy atom. The summed E-state index contributed by atoms with van der Waals surface area (Å²) in [5.74, 6) is 0. The number of hydrogen-bond acceptors (Lipinski definition) is 0. The third-order valence-electron chi connectivity index (χ3n) is 4.43. The Morgan fingerprint density at radius 1 is 0.679 bits per heavy atom. The SMILES string of the molecule is CCCc1cc2ccccc2[cH-]1.CCCc1cc2ccccc2[cH-]1.C[SiH]C.[Zr+2]. The standard InChI is InChI=1S/2C12H13.C2H7Si.Zr/c2*1-2-5-10-8-11-6-3-4-7-12(11)9-10;1-3-2;/h2*3-4,6-9H,2,5H2,1H3;3H,1-2H3;/q2*-1;;+2. The van der Waals surface area contributed by atoms with Crippen LogP contribution in [0.2, 0.25) is 13.1 Å². The van der Waals surface area contributed by atoms with Gasteiger partial charge < -0.3 is 0 Å². The monoisotopic (exact) mass is 463 g/mol. The summed E-state index contributed by atoms with van der Waals surface area (Å²) in [6.07, 6.45) is 4.87. The minimum atomic E-state index is 0. The molecule has 0 fully saturated rings. The van der Waals surface area contributed by atoms with Crippen LogP contribution >= 0.6 is 0 Å². The molecule has 0 unspecified atom stereocenters. The van der Waals surface area contributed by atoms with Gasteiger partial charge in [-0.05, 0) is 12.8 Å². The van der Waals surface area contributed by atoms with E-state index in [4.69, 9.17) is 0 Å². The number of rotatable bonds is 4. The van der Waals surface area contributed by atoms with Crippen molar-refractivity contribution in [2.75, 3.05) is 0 Å². The average Bonchev–Trinajstić information content (AvgIpc) is 3.26. The van der Waals surface area contributed by atoms with Crippen LogP contribution in [0.3, 0.4) is 0 Å². The van der Waals surface area contributed by atoms with E-state index in [1.54, 1.807) is 0 Å². The summed E-state index contributed by atoms with van der Waals surface area (Å²) in [5, 5.41) is 5.50. The minimum absolute atomic E-state index is 0. The number of aryl methyl sites for hydroxylation is 2. The van der Waals surface area contributed by atoms with E-state index >= 15 is 0 Å². The molecule has 0 bridgehead atoms. The molecule has 0 spiro atoms. The van der Waals surface area contributed by atoms with Gasteiger partial charge in [-0.15, -0.1) is 81.2 Å². The van der Waals surface area contributed by atoms with E-state index in [0.29, 0.717) is 0 Å². The van der Waals surface area contributed by atoms with Crippen molar-refractivity contribution in [3.8, 4) is 0 Å². The molecule has 0 N–H and O–H groups in total. The van der Waals surface area contributed by atoms with Crippen LogP contribution in [0.5, 0.6) is 0 Å². The van der Waals surface area contributed by atoms with Crippen LogP contribution in [0.25, 0.3) is 21.5 Å². The molecule has 0 amide bonds. The quantitative estimate of drug-likeness (QED) is 0.216. The van der Waals surface area contributed by atoms with Crippen LogP contribution in [0.15, 0.2) is 72.8 Å². The van der Waals surface area contributed by atoms with Gasteiger partial charge >= 0.3 is 26.2 Å². The van der Waals surface area contributed by atoms with Crippen LogP contribution in [0, 0.1) is 0 Å². The van der Waals surface area contributed by atoms with Crippen LogP contribution in [-0.2, 0) is 39.0 Å². The maximum atomic E-state index is 2.29. The van der Waals surface area contributed by atoms with Crippen molar-refractivity contribution < 1.29 is 26.2 Å². The van der Waals surface area contributed by atoms with Gasteiger partial charge in [-0.25, -0.2) is 0 Å². The van der Waals surface area contributed by atoms with Crippen LogP contribution in [0.4, 0.5) is 0 Å². The molecule has 1 radical (unpaired) electrons. The van der Waals surface area contributed by atoms with Gasteiger partial charge in [-0.1, -0.05) is 51.9 Å². The van der Waals surface area contributed by atoms with E-state index in [0.717, 1.165) is 9.52 Å². The minimum Gasteiger partial charge on any atom is -0.165 e. The first-order valence-electron chi connectivity index (χ1n) is 10.2. The Kier molecular flexibility index (Phi) is 12.3. The molecule has 0 nitrogen and oxygen atoms in total. The predicted octanol–water partition coefficient (Wildman–Crippen LogP) is 7.54. The Bertz CT molecular complexity index is 774. The van der Waals surface area contributed by atoms with E-state index in [-0.39, 0.29) is 26.2 Å². The molecule has 28 heavy (non-hydrogen) atoms. The molecular weight excluding hydrogens is 432 g/mol. The molecule has 0 aliphatic rings. The fourth-order valence-electron chi connectivity index (χ4n) is 3.30. The smallest absolute Gasteiger partial charge is 0.165 e. The van der Waals surface area contributed by atoms with Gasteiger partial charge in [0.25, 0.3) is 0 Å². The van der Waals surface area contributed by atoms with Gasteiger partial charge in [0.05, 0.1) is 0 Å². The van der Waals surface area contributed by atoms with Crippen LogP contribution < -0.4 is 0 Å². The first kappa shape index (κ1) is 24.8. The Labute approximate surface area is 193 Å². The molecule has 4 rings (SSSR count). The van der Waals surface area contributed by atoms with Crippen molar-refractivity contribution in [3.05, 3.63) is 83.9 Å². The van der Waals surface area contributed by atoms with E-state index in [1.165, 1.54) is 58.4 Å². The molecule has 0 aliphatic heterocycles. The first-order chi connectivity index (χ1) is 13.2. The van der Waals surface area contributed by atoms with Gasteiger partial charge in [0.2, 0.25) is 0 Å². The van der Waals surface area contributed by atoms with Gasteiger partial charge in [-0.3, -0.25) is 0 Å². The topological polar surface area (TPSA) is 0 Å². The van der Waals surface area contributed by atoms with E-state index in [1.807, 2.05) is 0 Å². The van der Waals surface area contributed by atoms with Crippen molar-refractivity contribution in [2.24, 2.45) is 0 Å². The number of hydrogen-bond donors (Lipinski definition) is 0. The summed E-state index contributed by atoms with van der Waals surface area (Å²) in [7, 11) is 0.750. The zero-order valence-corrected chi connectivity index (χ0v) is 21.4. The van der Waals surface area contributed by atoms with Crippen molar-refractivity contribution in [1.29, 1.82) is 0 Å². The molecule has 4 aromatic rings. The molecule has 4 aromatic carbocycles. The number of benzene rings is 2. The fourth-order valence-corrected chi connectivity index (χ4v) is 3.30. The van der Waals surface area contributed by atoms with Gasteiger partial charge in [0.1, 0.15) is 0 Å². The normalized spacial score (nSPS) is 9.86. The summed E-state index contributed by atoms with van der Waals surface area (Å²) in [4.78, 5) is 0. The molecule has 2 heteroatoms. The summed E-state index contributed by atoms with van der Waals surface area (Å²) in [6.45, 7) is 8.86. The predicted molar refractivity (Wildman–Crippen MR) is 126 cm³/mol. The molecule has 0 heterocycles. The fraction of sp³-hybridized carbons (Fsp3) is 0.308. The van der Waals surface area contributed by atoms with E-state index < -0.39 is 0 Å². The van der Waals surface area contributed by atoms with Crippen molar-refractivity contribution >= 4 is 31.1 Å². The Morgan fingerprint density at radius 3 is 1.36 bits per heavy atom. The Hall–Kier alpha value is -1.24. The van der Waals surface area contributed by atoms with Crippen molar-refractivity contribution in [2.45, 2.75) is 52.6 Å². The second-order valence-electron chi connectivity index (χ2n) is 7.06. The molecule has 0 aliphatic carbocycles. The van der Waals surface area contributed by atoms with E-state index in [2.05, 4.69) is 99.7 Å². The second kappa shape index (κ2) is 13.9. The van der Waals surface area contributed by atoms with Crippen molar-refractivity contribution in [1.82, 2.24) is 0 Å². The zero-order valence-electron chi connectivity index (χ0n) is 17.8. The average molecular weight is 465 g/mol. The summed E-state index contributed by atoms with van der Waals surface area (Å²) >= 11 is 0. The maximum absolute atomic E-state index is 2.29. The first-order valence-corrected chi connectivity index (χ1v) is 12.5. The third kappa shape index (κ3) is 7.64. The zero-order chi connectivity index (χ0) is 19.5. The van der Waals surface area contributed by atoms with Crippen molar-refractivity contribution in [3.63, 3.8) is 0 Å². The molecule has 0 saturated heterocycles. The summed E-state index contributed by atoms with van der Waals surface area (Å²) in [5.41, 5.74) is 2.94. The van der Waals surface area contributed by atoms with Crippen LogP contribution in [-0.4, -0.2) is 9.52 Å². The van der Waals surface area contributed by atoms with E-state index in [9.17, 15) is 0 Å². The van der Waals surface area contributed by atoms with Gasteiger partial charge in [0, 0.05) is 9.52 Å². The van der Waals surface area contributed by atoms with Gasteiger partial charge in [0.15, 0.2) is 0 Å². The molecular formula is C26H33SiZr. The van der Waals surface area contributed by atoms with Gasteiger partial charge in [-0.2, -0.15) is 12.1 Å². The van der Waals surface area contributed by atoms with Crippen LogP contribution in [0.1, 0.15) is 37.8 Å². The molecule has 0 atom stereocenters.